The predicted octanol–water partition coefficient (Wildman–Crippen LogP) is 3.89. The first-order chi connectivity index (χ1) is 9.19. The molecular weight excluding hydrogens is 271 g/mol. The van der Waals surface area contributed by atoms with E-state index in [1.54, 1.807) is 24.3 Å². The Balaban J connectivity index is 2.07. The van der Waals surface area contributed by atoms with Crippen molar-refractivity contribution in [2.75, 3.05) is 0 Å². The summed E-state index contributed by atoms with van der Waals surface area (Å²) in [6.07, 6.45) is 1.80. The van der Waals surface area contributed by atoms with E-state index in [0.29, 0.717) is 0 Å². The summed E-state index contributed by atoms with van der Waals surface area (Å²) in [7, 11) is 0. The topological polar surface area (TPSA) is 51.5 Å². The number of pyridine rings is 1. The standard InChI is InChI=1S/C13H10ClFN2O2/c14-12(17-18)7-9-5-6-13(16-8-9)19-11-4-2-1-3-10(11)15/h1-6,8,12H,7H2. The number of ether oxygens (including phenoxy) is 1. The average molecular weight is 281 g/mol. The van der Waals surface area contributed by atoms with E-state index in [0.717, 1.165) is 5.56 Å². The highest BCUT2D eigenvalue weighted by Gasteiger charge is 2.07. The first-order valence-electron chi connectivity index (χ1n) is 5.53. The van der Waals surface area contributed by atoms with Crippen LogP contribution in [0.2, 0.25) is 0 Å². The molecule has 4 nitrogen and oxygen atoms in total. The first-order valence-corrected chi connectivity index (χ1v) is 5.96. The van der Waals surface area contributed by atoms with Crippen molar-refractivity contribution in [3.63, 3.8) is 0 Å². The molecule has 0 aliphatic carbocycles. The van der Waals surface area contributed by atoms with E-state index in [-0.39, 0.29) is 18.1 Å². The van der Waals surface area contributed by atoms with Crippen LogP contribution in [0, 0.1) is 10.7 Å². The summed E-state index contributed by atoms with van der Waals surface area (Å²) >= 11 is 5.60. The van der Waals surface area contributed by atoms with E-state index >= 15 is 0 Å². The number of hydrogen-bond donors (Lipinski definition) is 0. The molecule has 2 rings (SSSR count). The molecule has 1 aromatic heterocycles. The van der Waals surface area contributed by atoms with Crippen LogP contribution in [0.4, 0.5) is 4.39 Å². The molecule has 0 aliphatic rings. The molecule has 1 atom stereocenters. The summed E-state index contributed by atoms with van der Waals surface area (Å²) in [5, 5.41) is 2.69. The molecule has 1 unspecified atom stereocenters. The van der Waals surface area contributed by atoms with Gasteiger partial charge in [-0.25, -0.2) is 9.37 Å². The van der Waals surface area contributed by atoms with Crippen molar-refractivity contribution in [2.24, 2.45) is 5.18 Å². The summed E-state index contributed by atoms with van der Waals surface area (Å²) < 4.78 is 18.6. The lowest BCUT2D eigenvalue weighted by atomic mass is 10.2. The quantitative estimate of drug-likeness (QED) is 0.474. The van der Waals surface area contributed by atoms with Crippen LogP contribution < -0.4 is 4.74 Å². The molecule has 0 fully saturated rings. The van der Waals surface area contributed by atoms with E-state index in [1.807, 2.05) is 0 Å². The second-order valence-corrected chi connectivity index (χ2v) is 4.28. The Kier molecular flexibility index (Phi) is 4.41. The van der Waals surface area contributed by atoms with Crippen molar-refractivity contribution in [2.45, 2.75) is 11.9 Å². The second kappa shape index (κ2) is 6.24. The van der Waals surface area contributed by atoms with Crippen LogP contribution in [0.25, 0.3) is 0 Å². The monoisotopic (exact) mass is 280 g/mol. The normalized spacial score (nSPS) is 11.9. The Morgan fingerprint density at radius 3 is 2.74 bits per heavy atom. The molecule has 19 heavy (non-hydrogen) atoms. The minimum absolute atomic E-state index is 0.104. The highest BCUT2D eigenvalue weighted by atomic mass is 35.5. The van der Waals surface area contributed by atoms with E-state index < -0.39 is 11.3 Å². The zero-order valence-electron chi connectivity index (χ0n) is 9.79. The maximum Gasteiger partial charge on any atom is 0.219 e. The van der Waals surface area contributed by atoms with Gasteiger partial charge in [0, 0.05) is 18.7 Å². The number of nitrogens with zero attached hydrogens (tertiary/aromatic N) is 2. The lowest BCUT2D eigenvalue weighted by Crippen LogP contribution is -1.99. The third kappa shape index (κ3) is 3.72. The molecule has 1 heterocycles. The summed E-state index contributed by atoms with van der Waals surface area (Å²) in [5.41, 5.74) is -0.0689. The van der Waals surface area contributed by atoms with E-state index in [1.165, 1.54) is 18.3 Å². The number of alkyl halides is 1. The van der Waals surface area contributed by atoms with Gasteiger partial charge < -0.3 is 4.74 Å². The lowest BCUT2D eigenvalue weighted by Gasteiger charge is -2.06. The molecule has 6 heteroatoms. The summed E-state index contributed by atoms with van der Waals surface area (Å²) in [6.45, 7) is 0. The van der Waals surface area contributed by atoms with Crippen LogP contribution in [0.1, 0.15) is 5.56 Å². The van der Waals surface area contributed by atoms with Crippen LogP contribution in [-0.4, -0.2) is 10.5 Å². The SMILES string of the molecule is O=NC(Cl)Cc1ccc(Oc2ccccc2F)nc1. The van der Waals surface area contributed by atoms with Gasteiger partial charge in [-0.1, -0.05) is 29.8 Å². The fourth-order valence-corrected chi connectivity index (χ4v) is 1.64. The molecular formula is C13H10ClFN2O2. The van der Waals surface area contributed by atoms with Gasteiger partial charge >= 0.3 is 0 Å². The van der Waals surface area contributed by atoms with Gasteiger partial charge in [0.25, 0.3) is 0 Å². The Morgan fingerprint density at radius 2 is 2.11 bits per heavy atom. The lowest BCUT2D eigenvalue weighted by molar-refractivity contribution is 0.427. The Morgan fingerprint density at radius 1 is 1.32 bits per heavy atom. The highest BCUT2D eigenvalue weighted by molar-refractivity contribution is 6.20. The number of aromatic nitrogens is 1. The van der Waals surface area contributed by atoms with E-state index in [2.05, 4.69) is 10.2 Å². The Labute approximate surface area is 114 Å². The molecule has 0 bridgehead atoms. The average Bonchev–Trinajstić information content (AvgIpc) is 2.43. The van der Waals surface area contributed by atoms with Crippen LogP contribution >= 0.6 is 11.6 Å². The van der Waals surface area contributed by atoms with E-state index in [9.17, 15) is 9.30 Å². The van der Waals surface area contributed by atoms with Gasteiger partial charge in [-0.3, -0.25) is 0 Å². The van der Waals surface area contributed by atoms with Gasteiger partial charge in [0.15, 0.2) is 17.1 Å². The third-order valence-electron chi connectivity index (χ3n) is 2.37. The molecule has 1 aromatic carbocycles. The molecule has 0 radical (unpaired) electrons. The minimum atomic E-state index is -0.819. The Bertz CT molecular complexity index is 563. The van der Waals surface area contributed by atoms with Crippen molar-refractivity contribution in [1.29, 1.82) is 0 Å². The van der Waals surface area contributed by atoms with E-state index in [4.69, 9.17) is 16.3 Å². The maximum absolute atomic E-state index is 13.4. The Hall–Kier alpha value is -2.01. The van der Waals surface area contributed by atoms with Gasteiger partial charge in [0.05, 0.1) is 0 Å². The van der Waals surface area contributed by atoms with Crippen LogP contribution in [0.3, 0.4) is 0 Å². The summed E-state index contributed by atoms with van der Waals surface area (Å²) in [6, 6.07) is 9.33. The fourth-order valence-electron chi connectivity index (χ4n) is 1.46. The third-order valence-corrected chi connectivity index (χ3v) is 2.60. The number of nitroso groups, excluding NO2 is 1. The second-order valence-electron chi connectivity index (χ2n) is 3.78. The highest BCUT2D eigenvalue weighted by Crippen LogP contribution is 2.22. The number of para-hydroxylation sites is 1. The summed E-state index contributed by atoms with van der Waals surface area (Å²) in [5.74, 6) is -0.0917. The van der Waals surface area contributed by atoms with Crippen molar-refractivity contribution < 1.29 is 9.13 Å². The molecule has 0 spiro atoms. The van der Waals surface area contributed by atoms with Gasteiger partial charge in [0.2, 0.25) is 5.88 Å². The van der Waals surface area contributed by atoms with Crippen molar-refractivity contribution in [1.82, 2.24) is 4.98 Å². The van der Waals surface area contributed by atoms with Crippen molar-refractivity contribution in [3.8, 4) is 11.6 Å². The fraction of sp³-hybridized carbons (Fsp3) is 0.154. The number of rotatable bonds is 5. The zero-order chi connectivity index (χ0) is 13.7. The van der Waals surface area contributed by atoms with Gasteiger partial charge in [-0.15, -0.1) is 4.91 Å². The number of hydrogen-bond acceptors (Lipinski definition) is 4. The van der Waals surface area contributed by atoms with Gasteiger partial charge in [-0.05, 0) is 22.9 Å². The molecule has 0 amide bonds. The van der Waals surface area contributed by atoms with Crippen LogP contribution in [-0.2, 0) is 6.42 Å². The molecule has 2 aromatic rings. The molecule has 0 aliphatic heterocycles. The summed E-state index contributed by atoms with van der Waals surface area (Å²) in [4.78, 5) is 14.2. The first kappa shape index (κ1) is 13.4. The number of benzene rings is 1. The van der Waals surface area contributed by atoms with Crippen molar-refractivity contribution >= 4 is 11.6 Å². The van der Waals surface area contributed by atoms with Crippen LogP contribution in [0.5, 0.6) is 11.6 Å². The zero-order valence-corrected chi connectivity index (χ0v) is 10.5. The smallest absolute Gasteiger partial charge is 0.219 e. The van der Waals surface area contributed by atoms with Gasteiger partial charge in [-0.2, -0.15) is 0 Å². The predicted molar refractivity (Wildman–Crippen MR) is 69.9 cm³/mol. The molecule has 0 N–H and O–H groups in total. The number of halogens is 2. The molecule has 0 saturated carbocycles. The molecule has 0 saturated heterocycles. The van der Waals surface area contributed by atoms with Gasteiger partial charge in [0.1, 0.15) is 0 Å². The van der Waals surface area contributed by atoms with Crippen LogP contribution in [0.15, 0.2) is 47.8 Å². The molecule has 98 valence electrons. The van der Waals surface area contributed by atoms with Crippen molar-refractivity contribution in [3.05, 3.63) is 58.9 Å². The largest absolute Gasteiger partial charge is 0.436 e. The minimum Gasteiger partial charge on any atom is -0.436 e. The maximum atomic E-state index is 13.4.